The molecule has 21 heavy (non-hydrogen) atoms. The molecule has 0 saturated carbocycles. The molecular formula is C17H17NO3. The highest BCUT2D eigenvalue weighted by molar-refractivity contribution is 5.94. The van der Waals surface area contributed by atoms with E-state index >= 15 is 0 Å². The molecule has 0 fully saturated rings. The van der Waals surface area contributed by atoms with Crippen LogP contribution in [-0.2, 0) is 6.54 Å². The molecule has 2 aromatic rings. The van der Waals surface area contributed by atoms with E-state index in [0.29, 0.717) is 36.8 Å². The van der Waals surface area contributed by atoms with Gasteiger partial charge in [-0.2, -0.15) is 0 Å². The van der Waals surface area contributed by atoms with E-state index in [1.807, 2.05) is 25.1 Å². The number of hydrogen-bond donors (Lipinski definition) is 1. The van der Waals surface area contributed by atoms with Crippen LogP contribution in [0.1, 0.15) is 21.5 Å². The fourth-order valence-corrected chi connectivity index (χ4v) is 2.29. The molecule has 1 heterocycles. The van der Waals surface area contributed by atoms with Crippen molar-refractivity contribution in [3.8, 4) is 11.5 Å². The molecule has 2 aromatic carbocycles. The zero-order chi connectivity index (χ0) is 14.7. The van der Waals surface area contributed by atoms with Crippen LogP contribution in [0.2, 0.25) is 0 Å². The minimum absolute atomic E-state index is 0.117. The molecule has 1 amide bonds. The van der Waals surface area contributed by atoms with Crippen LogP contribution in [0, 0.1) is 6.92 Å². The van der Waals surface area contributed by atoms with Gasteiger partial charge in [-0.25, -0.2) is 0 Å². The Bertz CT molecular complexity index is 667. The van der Waals surface area contributed by atoms with E-state index in [9.17, 15) is 4.79 Å². The number of aryl methyl sites for hydroxylation is 1. The van der Waals surface area contributed by atoms with Crippen LogP contribution in [0.3, 0.4) is 0 Å². The highest BCUT2D eigenvalue weighted by Gasteiger charge is 2.14. The molecule has 0 bridgehead atoms. The molecule has 0 saturated heterocycles. The fourth-order valence-electron chi connectivity index (χ4n) is 2.29. The Balaban J connectivity index is 1.68. The SMILES string of the molecule is Cc1cccc(CNC(=O)c2ccc3c(c2)OCCO3)c1. The zero-order valence-corrected chi connectivity index (χ0v) is 11.9. The van der Waals surface area contributed by atoms with Gasteiger partial charge in [-0.05, 0) is 30.7 Å². The Morgan fingerprint density at radius 3 is 2.71 bits per heavy atom. The number of benzene rings is 2. The van der Waals surface area contributed by atoms with Gasteiger partial charge in [0, 0.05) is 12.1 Å². The molecule has 1 N–H and O–H groups in total. The maximum absolute atomic E-state index is 12.2. The fraction of sp³-hybridized carbons (Fsp3) is 0.235. The molecule has 1 aliphatic heterocycles. The number of ether oxygens (including phenoxy) is 2. The molecular weight excluding hydrogens is 266 g/mol. The molecule has 4 nitrogen and oxygen atoms in total. The number of carbonyl (C=O) groups excluding carboxylic acids is 1. The summed E-state index contributed by atoms with van der Waals surface area (Å²) in [6.07, 6.45) is 0. The predicted octanol–water partition coefficient (Wildman–Crippen LogP) is 2.70. The summed E-state index contributed by atoms with van der Waals surface area (Å²) in [5.41, 5.74) is 2.84. The van der Waals surface area contributed by atoms with Crippen LogP contribution in [0.4, 0.5) is 0 Å². The average Bonchev–Trinajstić information content (AvgIpc) is 2.52. The van der Waals surface area contributed by atoms with Crippen LogP contribution in [0.5, 0.6) is 11.5 Å². The van der Waals surface area contributed by atoms with Crippen LogP contribution in [0.25, 0.3) is 0 Å². The normalized spacial score (nSPS) is 12.8. The second-order valence-corrected chi connectivity index (χ2v) is 5.03. The Morgan fingerprint density at radius 1 is 1.10 bits per heavy atom. The van der Waals surface area contributed by atoms with Crippen molar-refractivity contribution in [3.63, 3.8) is 0 Å². The van der Waals surface area contributed by atoms with Gasteiger partial charge < -0.3 is 14.8 Å². The van der Waals surface area contributed by atoms with Crippen molar-refractivity contribution in [2.75, 3.05) is 13.2 Å². The lowest BCUT2D eigenvalue weighted by molar-refractivity contribution is 0.0949. The highest BCUT2D eigenvalue weighted by Crippen LogP contribution is 2.30. The summed E-state index contributed by atoms with van der Waals surface area (Å²) >= 11 is 0. The van der Waals surface area contributed by atoms with Gasteiger partial charge in [0.05, 0.1) is 0 Å². The van der Waals surface area contributed by atoms with Crippen LogP contribution in [0.15, 0.2) is 42.5 Å². The monoisotopic (exact) mass is 283 g/mol. The van der Waals surface area contributed by atoms with Gasteiger partial charge >= 0.3 is 0 Å². The zero-order valence-electron chi connectivity index (χ0n) is 11.9. The van der Waals surface area contributed by atoms with E-state index in [1.165, 1.54) is 5.56 Å². The van der Waals surface area contributed by atoms with Crippen molar-refractivity contribution < 1.29 is 14.3 Å². The summed E-state index contributed by atoms with van der Waals surface area (Å²) in [6.45, 7) is 3.61. The summed E-state index contributed by atoms with van der Waals surface area (Å²) in [4.78, 5) is 12.2. The Hall–Kier alpha value is -2.49. The maximum Gasteiger partial charge on any atom is 0.251 e. The molecule has 0 spiro atoms. The first-order valence-electron chi connectivity index (χ1n) is 6.96. The van der Waals surface area contributed by atoms with Crippen LogP contribution in [-0.4, -0.2) is 19.1 Å². The largest absolute Gasteiger partial charge is 0.486 e. The summed E-state index contributed by atoms with van der Waals surface area (Å²) in [6, 6.07) is 13.3. The third-order valence-corrected chi connectivity index (χ3v) is 3.34. The first-order chi connectivity index (χ1) is 10.2. The molecule has 1 aliphatic rings. The van der Waals surface area contributed by atoms with Crippen molar-refractivity contribution in [2.45, 2.75) is 13.5 Å². The first-order valence-corrected chi connectivity index (χ1v) is 6.96. The van der Waals surface area contributed by atoms with E-state index in [4.69, 9.17) is 9.47 Å². The smallest absolute Gasteiger partial charge is 0.251 e. The van der Waals surface area contributed by atoms with Crippen molar-refractivity contribution in [2.24, 2.45) is 0 Å². The van der Waals surface area contributed by atoms with E-state index in [-0.39, 0.29) is 5.91 Å². The molecule has 0 unspecified atom stereocenters. The summed E-state index contributed by atoms with van der Waals surface area (Å²) in [5.74, 6) is 1.20. The average molecular weight is 283 g/mol. The Labute approximate surface area is 123 Å². The molecule has 108 valence electrons. The summed E-state index contributed by atoms with van der Waals surface area (Å²) < 4.78 is 10.9. The van der Waals surface area contributed by atoms with Crippen molar-refractivity contribution in [3.05, 3.63) is 59.2 Å². The Kier molecular flexibility index (Phi) is 3.77. The van der Waals surface area contributed by atoms with Crippen LogP contribution < -0.4 is 14.8 Å². The topological polar surface area (TPSA) is 47.6 Å². The maximum atomic E-state index is 12.2. The lowest BCUT2D eigenvalue weighted by Crippen LogP contribution is -2.23. The molecule has 3 rings (SSSR count). The second-order valence-electron chi connectivity index (χ2n) is 5.03. The summed E-state index contributed by atoms with van der Waals surface area (Å²) in [5, 5.41) is 2.91. The number of rotatable bonds is 3. The molecule has 0 aliphatic carbocycles. The van der Waals surface area contributed by atoms with Crippen molar-refractivity contribution >= 4 is 5.91 Å². The van der Waals surface area contributed by atoms with Gasteiger partial charge in [-0.15, -0.1) is 0 Å². The van der Waals surface area contributed by atoms with E-state index in [1.54, 1.807) is 18.2 Å². The number of hydrogen-bond acceptors (Lipinski definition) is 3. The van der Waals surface area contributed by atoms with Crippen molar-refractivity contribution in [1.82, 2.24) is 5.32 Å². The van der Waals surface area contributed by atoms with Crippen LogP contribution >= 0.6 is 0 Å². The molecule has 0 aromatic heterocycles. The highest BCUT2D eigenvalue weighted by atomic mass is 16.6. The number of nitrogens with one attached hydrogen (secondary N) is 1. The van der Waals surface area contributed by atoms with E-state index in [2.05, 4.69) is 11.4 Å². The standard InChI is InChI=1S/C17H17NO3/c1-12-3-2-4-13(9-12)11-18-17(19)14-5-6-15-16(10-14)21-8-7-20-15/h2-6,9-10H,7-8,11H2,1H3,(H,18,19). The predicted molar refractivity (Wildman–Crippen MR) is 79.8 cm³/mol. The minimum Gasteiger partial charge on any atom is -0.486 e. The minimum atomic E-state index is -0.117. The molecule has 4 heteroatoms. The Morgan fingerprint density at radius 2 is 1.90 bits per heavy atom. The third kappa shape index (κ3) is 3.16. The number of carbonyl (C=O) groups is 1. The quantitative estimate of drug-likeness (QED) is 0.942. The van der Waals surface area contributed by atoms with Crippen molar-refractivity contribution in [1.29, 1.82) is 0 Å². The van der Waals surface area contributed by atoms with E-state index in [0.717, 1.165) is 5.56 Å². The van der Waals surface area contributed by atoms with Gasteiger partial charge in [0.15, 0.2) is 11.5 Å². The van der Waals surface area contributed by atoms with Gasteiger partial charge in [-0.3, -0.25) is 4.79 Å². The van der Waals surface area contributed by atoms with Gasteiger partial charge in [-0.1, -0.05) is 29.8 Å². The lowest BCUT2D eigenvalue weighted by atomic mass is 10.1. The number of amides is 1. The van der Waals surface area contributed by atoms with Gasteiger partial charge in [0.1, 0.15) is 13.2 Å². The van der Waals surface area contributed by atoms with Gasteiger partial charge in [0.25, 0.3) is 5.91 Å². The molecule has 0 atom stereocenters. The second kappa shape index (κ2) is 5.87. The molecule has 0 radical (unpaired) electrons. The number of fused-ring (bicyclic) bond motifs is 1. The first kappa shape index (κ1) is 13.5. The third-order valence-electron chi connectivity index (χ3n) is 3.34. The van der Waals surface area contributed by atoms with E-state index < -0.39 is 0 Å². The summed E-state index contributed by atoms with van der Waals surface area (Å²) in [7, 11) is 0. The lowest BCUT2D eigenvalue weighted by Gasteiger charge is -2.18. The van der Waals surface area contributed by atoms with Gasteiger partial charge in [0.2, 0.25) is 0 Å².